The minimum Gasteiger partial charge on any atom is -0.347 e. The number of aromatic nitrogens is 2. The average molecular weight is 293 g/mol. The highest BCUT2D eigenvalue weighted by Gasteiger charge is 2.35. The number of nitrogens with one attached hydrogen (secondary N) is 2. The Hall–Kier alpha value is -1.47. The molecule has 0 aliphatic carbocycles. The number of hydrogen-bond donors (Lipinski definition) is 2. The van der Waals surface area contributed by atoms with Gasteiger partial charge in [0, 0.05) is 13.0 Å². The number of nitrogens with zero attached hydrogens (tertiary/aromatic N) is 3. The van der Waals surface area contributed by atoms with Crippen LogP contribution in [0.15, 0.2) is 4.52 Å². The summed E-state index contributed by atoms with van der Waals surface area (Å²) in [6, 6.07) is 0.540. The number of hydrogen-bond acceptors (Lipinski definition) is 6. The normalized spacial score (nSPS) is 24.3. The molecule has 21 heavy (non-hydrogen) atoms. The summed E-state index contributed by atoms with van der Waals surface area (Å²) in [5.41, 5.74) is 0. The number of likely N-dealkylation sites (tertiary alicyclic amines) is 1. The molecule has 3 heterocycles. The van der Waals surface area contributed by atoms with Gasteiger partial charge in [-0.2, -0.15) is 4.98 Å². The summed E-state index contributed by atoms with van der Waals surface area (Å²) in [7, 11) is 0. The van der Waals surface area contributed by atoms with E-state index >= 15 is 0 Å². The molecular weight excluding hydrogens is 270 g/mol. The van der Waals surface area contributed by atoms with E-state index in [0.29, 0.717) is 24.3 Å². The molecule has 1 atom stereocenters. The van der Waals surface area contributed by atoms with Crippen LogP contribution in [-0.4, -0.2) is 52.7 Å². The number of rotatable bonds is 4. The second-order valence-electron chi connectivity index (χ2n) is 5.82. The standard InChI is InChI=1S/C14H23N5O2/c1-10-17-13(18-21-10)9-16-14(20)12-3-2-8-19(12)11-4-6-15-7-5-11/h11-12,15H,2-9H2,1H3,(H,16,20). The van der Waals surface area contributed by atoms with Gasteiger partial charge >= 0.3 is 0 Å². The van der Waals surface area contributed by atoms with Crippen molar-refractivity contribution in [1.29, 1.82) is 0 Å². The number of amides is 1. The van der Waals surface area contributed by atoms with Gasteiger partial charge in [-0.05, 0) is 45.3 Å². The van der Waals surface area contributed by atoms with Gasteiger partial charge in [0.1, 0.15) is 0 Å². The molecule has 2 aliphatic heterocycles. The van der Waals surface area contributed by atoms with Crippen LogP contribution in [0.1, 0.15) is 37.4 Å². The maximum atomic E-state index is 12.4. The fourth-order valence-corrected chi connectivity index (χ4v) is 3.34. The van der Waals surface area contributed by atoms with Crippen LogP contribution in [0.5, 0.6) is 0 Å². The third-order valence-corrected chi connectivity index (χ3v) is 4.36. The van der Waals surface area contributed by atoms with Crippen molar-refractivity contribution in [2.24, 2.45) is 0 Å². The molecule has 2 N–H and O–H groups in total. The summed E-state index contributed by atoms with van der Waals surface area (Å²) in [6.07, 6.45) is 4.31. The molecule has 1 aromatic heterocycles. The van der Waals surface area contributed by atoms with Gasteiger partial charge in [0.25, 0.3) is 0 Å². The molecule has 7 heteroatoms. The zero-order chi connectivity index (χ0) is 14.7. The van der Waals surface area contributed by atoms with Gasteiger partial charge in [-0.15, -0.1) is 0 Å². The van der Waals surface area contributed by atoms with Crippen molar-refractivity contribution >= 4 is 5.91 Å². The summed E-state index contributed by atoms with van der Waals surface area (Å²) in [4.78, 5) is 18.9. The van der Waals surface area contributed by atoms with E-state index in [1.165, 1.54) is 0 Å². The lowest BCUT2D eigenvalue weighted by Crippen LogP contribution is -2.50. The van der Waals surface area contributed by atoms with Crippen LogP contribution < -0.4 is 10.6 Å². The van der Waals surface area contributed by atoms with E-state index in [2.05, 4.69) is 25.7 Å². The predicted molar refractivity (Wildman–Crippen MR) is 76.5 cm³/mol. The SMILES string of the molecule is Cc1nc(CNC(=O)C2CCCN2C2CCNCC2)no1. The van der Waals surface area contributed by atoms with Gasteiger partial charge in [0.2, 0.25) is 11.8 Å². The van der Waals surface area contributed by atoms with Crippen molar-refractivity contribution in [1.82, 2.24) is 25.7 Å². The largest absolute Gasteiger partial charge is 0.347 e. The monoisotopic (exact) mass is 293 g/mol. The number of aryl methyl sites for hydroxylation is 1. The molecule has 0 aromatic carbocycles. The molecule has 0 bridgehead atoms. The first-order chi connectivity index (χ1) is 10.2. The summed E-state index contributed by atoms with van der Waals surface area (Å²) in [5.74, 6) is 1.15. The molecular formula is C14H23N5O2. The fraction of sp³-hybridized carbons (Fsp3) is 0.786. The Morgan fingerprint density at radius 3 is 2.95 bits per heavy atom. The van der Waals surface area contributed by atoms with Gasteiger partial charge in [-0.25, -0.2) is 0 Å². The molecule has 116 valence electrons. The molecule has 1 unspecified atom stereocenters. The molecule has 2 fully saturated rings. The first-order valence-corrected chi connectivity index (χ1v) is 7.77. The minimum absolute atomic E-state index is 0.00102. The Labute approximate surface area is 124 Å². The topological polar surface area (TPSA) is 83.3 Å². The molecule has 2 saturated heterocycles. The summed E-state index contributed by atoms with van der Waals surface area (Å²) >= 11 is 0. The van der Waals surface area contributed by atoms with Crippen LogP contribution in [0.2, 0.25) is 0 Å². The molecule has 1 aromatic rings. The Bertz CT molecular complexity index is 483. The van der Waals surface area contributed by atoms with Crippen molar-refractivity contribution in [3.63, 3.8) is 0 Å². The number of carbonyl (C=O) groups excluding carboxylic acids is 1. The maximum absolute atomic E-state index is 12.4. The quantitative estimate of drug-likeness (QED) is 0.826. The Kier molecular flexibility index (Phi) is 4.50. The van der Waals surface area contributed by atoms with E-state index in [9.17, 15) is 4.79 Å². The van der Waals surface area contributed by atoms with Crippen LogP contribution in [-0.2, 0) is 11.3 Å². The summed E-state index contributed by atoms with van der Waals surface area (Å²) in [6.45, 7) is 5.22. The third kappa shape index (κ3) is 3.41. The lowest BCUT2D eigenvalue weighted by molar-refractivity contribution is -0.126. The molecule has 3 rings (SSSR count). The predicted octanol–water partition coefficient (Wildman–Crippen LogP) is 0.211. The van der Waals surface area contributed by atoms with Crippen molar-refractivity contribution in [3.05, 3.63) is 11.7 Å². The molecule has 0 radical (unpaired) electrons. The third-order valence-electron chi connectivity index (χ3n) is 4.36. The van der Waals surface area contributed by atoms with Crippen LogP contribution in [0.4, 0.5) is 0 Å². The second-order valence-corrected chi connectivity index (χ2v) is 5.82. The molecule has 7 nitrogen and oxygen atoms in total. The molecule has 0 spiro atoms. The number of piperidine rings is 1. The van der Waals surface area contributed by atoms with Crippen molar-refractivity contribution in [2.75, 3.05) is 19.6 Å². The zero-order valence-corrected chi connectivity index (χ0v) is 12.5. The maximum Gasteiger partial charge on any atom is 0.237 e. The van der Waals surface area contributed by atoms with E-state index in [1.54, 1.807) is 6.92 Å². The highest BCUT2D eigenvalue weighted by Crippen LogP contribution is 2.24. The van der Waals surface area contributed by atoms with E-state index in [-0.39, 0.29) is 11.9 Å². The highest BCUT2D eigenvalue weighted by molar-refractivity contribution is 5.82. The summed E-state index contributed by atoms with van der Waals surface area (Å²) in [5, 5.41) is 10.1. The van der Waals surface area contributed by atoms with Gasteiger partial charge in [0.05, 0.1) is 12.6 Å². The smallest absolute Gasteiger partial charge is 0.237 e. The van der Waals surface area contributed by atoms with Crippen molar-refractivity contribution in [3.8, 4) is 0 Å². The van der Waals surface area contributed by atoms with Gasteiger partial charge in [-0.3, -0.25) is 9.69 Å². The average Bonchev–Trinajstić information content (AvgIpc) is 3.14. The van der Waals surface area contributed by atoms with E-state index in [1.807, 2.05) is 0 Å². The van der Waals surface area contributed by atoms with Crippen molar-refractivity contribution in [2.45, 2.75) is 51.2 Å². The van der Waals surface area contributed by atoms with Gasteiger partial charge in [-0.1, -0.05) is 5.16 Å². The van der Waals surface area contributed by atoms with Crippen LogP contribution in [0.25, 0.3) is 0 Å². The van der Waals surface area contributed by atoms with Crippen molar-refractivity contribution < 1.29 is 9.32 Å². The zero-order valence-electron chi connectivity index (χ0n) is 12.5. The fourth-order valence-electron chi connectivity index (χ4n) is 3.34. The summed E-state index contributed by atoms with van der Waals surface area (Å²) < 4.78 is 4.91. The minimum atomic E-state index is 0.00102. The van der Waals surface area contributed by atoms with Crippen LogP contribution >= 0.6 is 0 Å². The highest BCUT2D eigenvalue weighted by atomic mass is 16.5. The Morgan fingerprint density at radius 1 is 1.43 bits per heavy atom. The van der Waals surface area contributed by atoms with E-state index in [4.69, 9.17) is 4.52 Å². The van der Waals surface area contributed by atoms with E-state index < -0.39 is 0 Å². The Balaban J connectivity index is 1.55. The van der Waals surface area contributed by atoms with Gasteiger partial charge < -0.3 is 15.2 Å². The molecule has 2 aliphatic rings. The first-order valence-electron chi connectivity index (χ1n) is 7.77. The van der Waals surface area contributed by atoms with Crippen LogP contribution in [0, 0.1) is 6.92 Å². The Morgan fingerprint density at radius 2 is 2.24 bits per heavy atom. The van der Waals surface area contributed by atoms with Gasteiger partial charge in [0.15, 0.2) is 5.82 Å². The lowest BCUT2D eigenvalue weighted by atomic mass is 10.0. The second kappa shape index (κ2) is 6.53. The molecule has 0 saturated carbocycles. The van der Waals surface area contributed by atoms with E-state index in [0.717, 1.165) is 45.3 Å². The first kappa shape index (κ1) is 14.5. The van der Waals surface area contributed by atoms with Crippen LogP contribution in [0.3, 0.4) is 0 Å². The molecule has 1 amide bonds. The lowest BCUT2D eigenvalue weighted by Gasteiger charge is -2.35. The number of carbonyl (C=O) groups is 1.